The van der Waals surface area contributed by atoms with Crippen molar-refractivity contribution in [3.63, 3.8) is 0 Å². The summed E-state index contributed by atoms with van der Waals surface area (Å²) in [7, 11) is -2.17. The molecule has 0 fully saturated rings. The molecule has 0 atom stereocenters. The van der Waals surface area contributed by atoms with Gasteiger partial charge in [-0.15, -0.1) is 10.2 Å². The lowest BCUT2D eigenvalue weighted by Crippen LogP contribution is -2.58. The zero-order chi connectivity index (χ0) is 26.9. The predicted octanol–water partition coefficient (Wildman–Crippen LogP) is 5.96. The van der Waals surface area contributed by atoms with Crippen molar-refractivity contribution in [2.24, 2.45) is 5.84 Å². The lowest BCUT2D eigenvalue weighted by Gasteiger charge is -2.40. The third-order valence-corrected chi connectivity index (χ3v) is 9.71. The number of urea groups is 1. The van der Waals surface area contributed by atoms with Gasteiger partial charge in [0.1, 0.15) is 11.4 Å². The molecule has 9 nitrogen and oxygen atoms in total. The van der Waals surface area contributed by atoms with Crippen LogP contribution in [-0.2, 0) is 9.57 Å². The molecular weight excluding hydrogens is 452 g/mol. The lowest BCUT2D eigenvalue weighted by molar-refractivity contribution is -0.0787. The molecule has 0 radical (unpaired) electrons. The van der Waals surface area contributed by atoms with Crippen molar-refractivity contribution in [1.29, 1.82) is 0 Å². The van der Waals surface area contributed by atoms with Gasteiger partial charge < -0.3 is 9.16 Å². The molecule has 1 rings (SSSR count). The molecule has 34 heavy (non-hydrogen) atoms. The van der Waals surface area contributed by atoms with Crippen LogP contribution in [-0.4, -0.2) is 36.7 Å². The first kappa shape index (κ1) is 29.7. The number of carbonyl (C=O) groups excluding carboxylic acids is 2. The molecule has 1 aromatic rings. The van der Waals surface area contributed by atoms with Gasteiger partial charge in [0.05, 0.1) is 11.3 Å². The first-order valence-corrected chi connectivity index (χ1v) is 14.3. The van der Waals surface area contributed by atoms with Gasteiger partial charge >= 0.3 is 12.1 Å². The molecule has 0 aliphatic heterocycles. The Labute approximate surface area is 205 Å². The second-order valence-corrected chi connectivity index (χ2v) is 16.7. The summed E-state index contributed by atoms with van der Waals surface area (Å²) in [5, 5.41) is 1.86. The molecular formula is C24H44N4O5Si. The highest BCUT2D eigenvalue weighted by Gasteiger charge is 2.41. The summed E-state index contributed by atoms with van der Waals surface area (Å²) in [6.07, 6.45) is -0.936. The number of hydrazine groups is 2. The molecule has 10 heteroatoms. The number of rotatable bonds is 5. The van der Waals surface area contributed by atoms with Crippen molar-refractivity contribution in [1.82, 2.24) is 10.4 Å². The van der Waals surface area contributed by atoms with Crippen LogP contribution in [0.3, 0.4) is 0 Å². The molecule has 0 heterocycles. The van der Waals surface area contributed by atoms with Gasteiger partial charge in [-0.1, -0.05) is 26.8 Å². The topological polar surface area (TPSA) is 106 Å². The number of hydrogen-bond acceptors (Lipinski definition) is 7. The number of carbonyl (C=O) groups is 2. The predicted molar refractivity (Wildman–Crippen MR) is 138 cm³/mol. The molecule has 194 valence electrons. The van der Waals surface area contributed by atoms with E-state index in [1.54, 1.807) is 20.8 Å². The normalized spacial score (nSPS) is 12.8. The summed E-state index contributed by atoms with van der Waals surface area (Å²) in [6.45, 7) is 25.1. The molecule has 0 bridgehead atoms. The number of nitrogens with one attached hydrogen (secondary N) is 1. The Morgan fingerprint density at radius 2 is 1.47 bits per heavy atom. The van der Waals surface area contributed by atoms with Crippen LogP contribution in [0.25, 0.3) is 0 Å². The number of imide groups is 1. The maximum Gasteiger partial charge on any atom is 0.440 e. The van der Waals surface area contributed by atoms with Crippen molar-refractivity contribution in [3.8, 4) is 5.75 Å². The summed E-state index contributed by atoms with van der Waals surface area (Å²) in [4.78, 5) is 32.2. The standard InChI is InChI=1S/C24H44N4O5Si/c1-16-14-15-18(32-34(12,13)24(9,10)11)17(2)19(16)28(33-23(6,7)8)27(20(29)26-25)21(30)31-22(3,4)5/h14-15H,25H2,1-13H3,(H,26,29). The van der Waals surface area contributed by atoms with Gasteiger partial charge in [0.25, 0.3) is 0 Å². The van der Waals surface area contributed by atoms with Gasteiger partial charge in [-0.25, -0.2) is 20.3 Å². The zero-order valence-corrected chi connectivity index (χ0v) is 24.2. The minimum Gasteiger partial charge on any atom is -0.543 e. The van der Waals surface area contributed by atoms with Crippen LogP contribution in [0.1, 0.15) is 73.4 Å². The second-order valence-electron chi connectivity index (χ2n) is 11.9. The largest absolute Gasteiger partial charge is 0.543 e. The van der Waals surface area contributed by atoms with Gasteiger partial charge in [0, 0.05) is 5.56 Å². The van der Waals surface area contributed by atoms with E-state index in [4.69, 9.17) is 19.8 Å². The first-order valence-electron chi connectivity index (χ1n) is 11.4. The van der Waals surface area contributed by atoms with Crippen molar-refractivity contribution < 1.29 is 23.6 Å². The van der Waals surface area contributed by atoms with Crippen molar-refractivity contribution in [3.05, 3.63) is 23.3 Å². The van der Waals surface area contributed by atoms with Gasteiger partial charge in [-0.2, -0.15) is 0 Å². The van der Waals surface area contributed by atoms with E-state index in [-0.39, 0.29) is 5.04 Å². The fourth-order valence-corrected chi connectivity index (χ4v) is 3.78. The molecule has 3 N–H and O–H groups in total. The van der Waals surface area contributed by atoms with Crippen LogP contribution in [0.4, 0.5) is 15.3 Å². The molecule has 0 saturated carbocycles. The third-order valence-electron chi connectivity index (χ3n) is 5.37. The Morgan fingerprint density at radius 1 is 0.941 bits per heavy atom. The van der Waals surface area contributed by atoms with E-state index >= 15 is 0 Å². The second kappa shape index (κ2) is 10.1. The molecule has 0 unspecified atom stereocenters. The highest BCUT2D eigenvalue weighted by Crippen LogP contribution is 2.41. The van der Waals surface area contributed by atoms with Crippen molar-refractivity contribution in [2.75, 3.05) is 5.17 Å². The first-order chi connectivity index (χ1) is 15.1. The molecule has 0 aromatic heterocycles. The number of anilines is 1. The van der Waals surface area contributed by atoms with Gasteiger partial charge in [-0.05, 0) is 85.2 Å². The summed E-state index contributed by atoms with van der Waals surface area (Å²) < 4.78 is 12.1. The van der Waals surface area contributed by atoms with E-state index in [0.29, 0.717) is 17.0 Å². The van der Waals surface area contributed by atoms with Gasteiger partial charge in [-0.3, -0.25) is 5.43 Å². The highest BCUT2D eigenvalue weighted by molar-refractivity contribution is 6.74. The van der Waals surface area contributed by atoms with Crippen LogP contribution in [0.5, 0.6) is 5.75 Å². The Morgan fingerprint density at radius 3 is 1.88 bits per heavy atom. The quantitative estimate of drug-likeness (QED) is 0.224. The Kier molecular flexibility index (Phi) is 8.86. The average Bonchev–Trinajstić information content (AvgIpc) is 2.60. The van der Waals surface area contributed by atoms with Crippen LogP contribution in [0.15, 0.2) is 12.1 Å². The maximum absolute atomic E-state index is 13.2. The molecule has 0 aliphatic rings. The van der Waals surface area contributed by atoms with E-state index in [2.05, 4.69) is 33.9 Å². The maximum atomic E-state index is 13.2. The lowest BCUT2D eigenvalue weighted by atomic mass is 10.1. The van der Waals surface area contributed by atoms with E-state index in [1.165, 1.54) is 0 Å². The van der Waals surface area contributed by atoms with Gasteiger partial charge in [0.15, 0.2) is 0 Å². The number of amides is 3. The SMILES string of the molecule is Cc1ccc(O[Si](C)(C)C(C)(C)C)c(C)c1N(OC(C)(C)C)N(C(=O)NN)C(=O)OC(C)(C)C. The van der Waals surface area contributed by atoms with E-state index in [9.17, 15) is 9.59 Å². The number of nitrogens with zero attached hydrogens (tertiary/aromatic N) is 2. The smallest absolute Gasteiger partial charge is 0.440 e. The number of benzene rings is 1. The third kappa shape index (κ3) is 7.61. The van der Waals surface area contributed by atoms with Gasteiger partial charge in [0.2, 0.25) is 8.32 Å². The minimum absolute atomic E-state index is 0.0198. The Bertz CT molecular complexity index is 898. The van der Waals surface area contributed by atoms with Crippen molar-refractivity contribution >= 4 is 26.1 Å². The van der Waals surface area contributed by atoms with Crippen LogP contribution < -0.4 is 20.9 Å². The fraction of sp³-hybridized carbons (Fsp3) is 0.667. The van der Waals surface area contributed by atoms with E-state index in [1.807, 2.05) is 52.2 Å². The summed E-state index contributed by atoms with van der Waals surface area (Å²) in [5.41, 5.74) is 2.36. The van der Waals surface area contributed by atoms with Crippen LogP contribution in [0, 0.1) is 13.8 Å². The summed E-state index contributed by atoms with van der Waals surface area (Å²) in [6, 6.07) is 2.87. The molecule has 0 spiro atoms. The summed E-state index contributed by atoms with van der Waals surface area (Å²) in [5.74, 6) is 6.10. The van der Waals surface area contributed by atoms with Crippen molar-refractivity contribution in [2.45, 2.75) is 105 Å². The van der Waals surface area contributed by atoms with E-state index < -0.39 is 31.6 Å². The monoisotopic (exact) mass is 496 g/mol. The molecule has 0 saturated heterocycles. The van der Waals surface area contributed by atoms with E-state index in [0.717, 1.165) is 15.7 Å². The van der Waals surface area contributed by atoms with Crippen LogP contribution >= 0.6 is 0 Å². The molecule has 3 amide bonds. The number of aryl methyl sites for hydroxylation is 1. The number of ether oxygens (including phenoxy) is 1. The van der Waals surface area contributed by atoms with Crippen LogP contribution in [0.2, 0.25) is 18.1 Å². The number of hydrogen-bond donors (Lipinski definition) is 2. The zero-order valence-electron chi connectivity index (χ0n) is 23.2. The Balaban J connectivity index is 3.77. The minimum atomic E-state index is -2.17. The number of nitrogens with two attached hydrogens (primary N) is 1. The fourth-order valence-electron chi connectivity index (χ4n) is 2.70. The molecule has 1 aromatic carbocycles. The Hall–Kier alpha value is -2.30. The highest BCUT2D eigenvalue weighted by atomic mass is 28.4. The summed E-state index contributed by atoms with van der Waals surface area (Å²) >= 11 is 0. The average molecular weight is 497 g/mol. The molecule has 0 aliphatic carbocycles.